The quantitative estimate of drug-likeness (QED) is 0.816. The van der Waals surface area contributed by atoms with Crippen molar-refractivity contribution in [2.45, 2.75) is 0 Å². The Balaban J connectivity index is 2.43. The summed E-state index contributed by atoms with van der Waals surface area (Å²) in [5.74, 6) is 0. The molecule has 0 unspecified atom stereocenters. The first-order chi connectivity index (χ1) is 8.24. The first-order valence-corrected chi connectivity index (χ1v) is 5.57. The molecule has 0 saturated carbocycles. The highest BCUT2D eigenvalue weighted by molar-refractivity contribution is 5.97. The predicted molar refractivity (Wildman–Crippen MR) is 71.3 cm³/mol. The number of benzene rings is 1. The monoisotopic (exact) mass is 231 g/mol. The number of ether oxygens (including phenoxy) is 1. The number of fused-ring (bicyclic) bond motifs is 1. The van der Waals surface area contributed by atoms with Gasteiger partial charge in [-0.25, -0.2) is 0 Å². The maximum absolute atomic E-state index is 5.92. The Morgan fingerprint density at radius 1 is 1.35 bits per heavy atom. The minimum absolute atomic E-state index is 0.697. The molecular formula is C13H17N3O. The van der Waals surface area contributed by atoms with Gasteiger partial charge in [0.15, 0.2) is 0 Å². The summed E-state index contributed by atoms with van der Waals surface area (Å²) >= 11 is 0. The number of nitrogens with two attached hydrogens (primary N) is 1. The standard InChI is InChI=1S/C13H17N3O/c1-16(8-9-17-2)12-6-7-15-13-10(12)4-3-5-11(13)14/h3-7H,8-9,14H2,1-2H3. The van der Waals surface area contributed by atoms with E-state index >= 15 is 0 Å². The molecule has 2 aromatic rings. The molecular weight excluding hydrogens is 214 g/mol. The van der Waals surface area contributed by atoms with Gasteiger partial charge in [-0.3, -0.25) is 4.98 Å². The molecule has 0 atom stereocenters. The molecule has 1 aromatic carbocycles. The van der Waals surface area contributed by atoms with E-state index < -0.39 is 0 Å². The van der Waals surface area contributed by atoms with E-state index in [0.29, 0.717) is 12.3 Å². The fraction of sp³-hybridized carbons (Fsp3) is 0.308. The van der Waals surface area contributed by atoms with Crippen LogP contribution in [-0.2, 0) is 4.74 Å². The van der Waals surface area contributed by atoms with Crippen molar-refractivity contribution < 1.29 is 4.74 Å². The number of anilines is 2. The van der Waals surface area contributed by atoms with Crippen LogP contribution in [-0.4, -0.2) is 32.3 Å². The van der Waals surface area contributed by atoms with E-state index in [0.717, 1.165) is 23.1 Å². The van der Waals surface area contributed by atoms with Crippen LogP contribution in [0.1, 0.15) is 0 Å². The summed E-state index contributed by atoms with van der Waals surface area (Å²) < 4.78 is 5.09. The van der Waals surface area contributed by atoms with Gasteiger partial charge < -0.3 is 15.4 Å². The van der Waals surface area contributed by atoms with Gasteiger partial charge in [0.05, 0.1) is 17.8 Å². The predicted octanol–water partition coefficient (Wildman–Crippen LogP) is 1.90. The number of rotatable bonds is 4. The van der Waals surface area contributed by atoms with Crippen LogP contribution in [0.2, 0.25) is 0 Å². The minimum Gasteiger partial charge on any atom is -0.397 e. The maximum Gasteiger partial charge on any atom is 0.0951 e. The summed E-state index contributed by atoms with van der Waals surface area (Å²) in [5, 5.41) is 1.08. The number of hydrogen-bond donors (Lipinski definition) is 1. The van der Waals surface area contributed by atoms with Gasteiger partial charge in [0, 0.05) is 38.0 Å². The van der Waals surface area contributed by atoms with Crippen molar-refractivity contribution in [3.63, 3.8) is 0 Å². The van der Waals surface area contributed by atoms with Crippen LogP contribution in [0.3, 0.4) is 0 Å². The second-order valence-corrected chi connectivity index (χ2v) is 3.99. The number of methoxy groups -OCH3 is 1. The highest BCUT2D eigenvalue weighted by Gasteiger charge is 2.07. The third-order valence-corrected chi connectivity index (χ3v) is 2.82. The lowest BCUT2D eigenvalue weighted by Gasteiger charge is -2.20. The van der Waals surface area contributed by atoms with Crippen LogP contribution in [0.15, 0.2) is 30.5 Å². The van der Waals surface area contributed by atoms with Gasteiger partial charge in [0.1, 0.15) is 0 Å². The summed E-state index contributed by atoms with van der Waals surface area (Å²) in [7, 11) is 3.74. The van der Waals surface area contributed by atoms with Gasteiger partial charge in [-0.05, 0) is 12.1 Å². The molecule has 2 rings (SSSR count). The summed E-state index contributed by atoms with van der Waals surface area (Å²) in [6, 6.07) is 7.86. The molecule has 0 amide bonds. The Morgan fingerprint density at radius 2 is 2.18 bits per heavy atom. The molecule has 0 radical (unpaired) electrons. The fourth-order valence-electron chi connectivity index (χ4n) is 1.87. The lowest BCUT2D eigenvalue weighted by Crippen LogP contribution is -2.22. The first kappa shape index (κ1) is 11.7. The van der Waals surface area contributed by atoms with Crippen molar-refractivity contribution in [3.8, 4) is 0 Å². The number of nitrogens with zero attached hydrogens (tertiary/aromatic N) is 2. The van der Waals surface area contributed by atoms with Gasteiger partial charge in [0.2, 0.25) is 0 Å². The minimum atomic E-state index is 0.697. The maximum atomic E-state index is 5.92. The summed E-state index contributed by atoms with van der Waals surface area (Å²) in [4.78, 5) is 6.47. The van der Waals surface area contributed by atoms with Crippen molar-refractivity contribution in [1.29, 1.82) is 0 Å². The lowest BCUT2D eigenvalue weighted by atomic mass is 10.1. The topological polar surface area (TPSA) is 51.4 Å². The Hall–Kier alpha value is -1.81. The molecule has 2 N–H and O–H groups in total. The van der Waals surface area contributed by atoms with Gasteiger partial charge in [-0.15, -0.1) is 0 Å². The van der Waals surface area contributed by atoms with Crippen LogP contribution in [0, 0.1) is 0 Å². The normalized spacial score (nSPS) is 10.7. The lowest BCUT2D eigenvalue weighted by molar-refractivity contribution is 0.206. The molecule has 0 saturated heterocycles. The van der Waals surface area contributed by atoms with Crippen LogP contribution in [0.5, 0.6) is 0 Å². The molecule has 0 spiro atoms. The second-order valence-electron chi connectivity index (χ2n) is 3.99. The molecule has 4 heteroatoms. The Morgan fingerprint density at radius 3 is 2.94 bits per heavy atom. The van der Waals surface area contributed by atoms with Crippen molar-refractivity contribution in [1.82, 2.24) is 4.98 Å². The molecule has 1 heterocycles. The molecule has 0 aliphatic heterocycles. The zero-order chi connectivity index (χ0) is 12.3. The third-order valence-electron chi connectivity index (χ3n) is 2.82. The second kappa shape index (κ2) is 5.01. The highest BCUT2D eigenvalue weighted by Crippen LogP contribution is 2.27. The van der Waals surface area contributed by atoms with E-state index in [1.165, 1.54) is 0 Å². The number of para-hydroxylation sites is 1. The third kappa shape index (κ3) is 2.31. The average Bonchev–Trinajstić information content (AvgIpc) is 2.36. The zero-order valence-electron chi connectivity index (χ0n) is 10.2. The number of nitrogen functional groups attached to an aromatic ring is 1. The van der Waals surface area contributed by atoms with E-state index in [1.807, 2.05) is 31.3 Å². The first-order valence-electron chi connectivity index (χ1n) is 5.57. The van der Waals surface area contributed by atoms with Crippen LogP contribution >= 0.6 is 0 Å². The van der Waals surface area contributed by atoms with Crippen molar-refractivity contribution >= 4 is 22.3 Å². The van der Waals surface area contributed by atoms with Crippen molar-refractivity contribution in [3.05, 3.63) is 30.5 Å². The van der Waals surface area contributed by atoms with Gasteiger partial charge in [0.25, 0.3) is 0 Å². The molecule has 17 heavy (non-hydrogen) atoms. The Labute approximate surface area is 101 Å². The molecule has 0 bridgehead atoms. The smallest absolute Gasteiger partial charge is 0.0951 e. The number of aromatic nitrogens is 1. The van der Waals surface area contributed by atoms with Crippen molar-refractivity contribution in [2.75, 3.05) is 37.9 Å². The van der Waals surface area contributed by atoms with E-state index in [9.17, 15) is 0 Å². The van der Waals surface area contributed by atoms with E-state index in [4.69, 9.17) is 10.5 Å². The average molecular weight is 231 g/mol. The number of pyridine rings is 1. The van der Waals surface area contributed by atoms with Gasteiger partial charge >= 0.3 is 0 Å². The van der Waals surface area contributed by atoms with Crippen LogP contribution in [0.4, 0.5) is 11.4 Å². The SMILES string of the molecule is COCCN(C)c1ccnc2c(N)cccc12. The van der Waals surface area contributed by atoms with Crippen LogP contribution < -0.4 is 10.6 Å². The summed E-state index contributed by atoms with van der Waals surface area (Å²) in [6.07, 6.45) is 1.79. The Kier molecular flexibility index (Phi) is 3.44. The number of likely N-dealkylation sites (N-methyl/N-ethyl adjacent to an activating group) is 1. The molecule has 90 valence electrons. The van der Waals surface area contributed by atoms with Gasteiger partial charge in [-0.1, -0.05) is 12.1 Å². The van der Waals surface area contributed by atoms with E-state index in [-0.39, 0.29) is 0 Å². The van der Waals surface area contributed by atoms with Crippen LogP contribution in [0.25, 0.3) is 10.9 Å². The number of hydrogen-bond acceptors (Lipinski definition) is 4. The fourth-order valence-corrected chi connectivity index (χ4v) is 1.87. The van der Waals surface area contributed by atoms with Gasteiger partial charge in [-0.2, -0.15) is 0 Å². The molecule has 1 aromatic heterocycles. The molecule has 0 fully saturated rings. The Bertz CT molecular complexity index is 513. The summed E-state index contributed by atoms with van der Waals surface area (Å²) in [6.45, 7) is 1.53. The highest BCUT2D eigenvalue weighted by atomic mass is 16.5. The molecule has 0 aliphatic rings. The molecule has 0 aliphatic carbocycles. The summed E-state index contributed by atoms with van der Waals surface area (Å²) in [5.41, 5.74) is 8.61. The largest absolute Gasteiger partial charge is 0.397 e. The zero-order valence-corrected chi connectivity index (χ0v) is 10.2. The van der Waals surface area contributed by atoms with E-state index in [2.05, 4.69) is 9.88 Å². The van der Waals surface area contributed by atoms with E-state index in [1.54, 1.807) is 13.3 Å². The molecule has 4 nitrogen and oxygen atoms in total. The van der Waals surface area contributed by atoms with Crippen molar-refractivity contribution in [2.24, 2.45) is 0 Å².